The van der Waals surface area contributed by atoms with Gasteiger partial charge >= 0.3 is 0 Å². The standard InChI is InChI=1S/C17H27N3S/c1-14-11-15(2)13-20(12-14)10-6-9-18-17(21)19-16-7-4-3-5-8-16/h3-5,7-8,14-15H,6,9-13H2,1-2H3,(H2,18,19,21). The average molecular weight is 305 g/mol. The van der Waals surface area contributed by atoms with Gasteiger partial charge in [-0.05, 0) is 55.6 Å². The summed E-state index contributed by atoms with van der Waals surface area (Å²) in [6.45, 7) is 9.31. The lowest BCUT2D eigenvalue weighted by molar-refractivity contribution is 0.140. The first-order valence-corrected chi connectivity index (χ1v) is 8.36. The molecule has 1 heterocycles. The minimum absolute atomic E-state index is 0.710. The number of rotatable bonds is 5. The maximum atomic E-state index is 5.31. The predicted molar refractivity (Wildman–Crippen MR) is 94.7 cm³/mol. The molecule has 0 saturated carbocycles. The van der Waals surface area contributed by atoms with Crippen molar-refractivity contribution < 1.29 is 0 Å². The van der Waals surface area contributed by atoms with Gasteiger partial charge in [-0.1, -0.05) is 32.0 Å². The normalized spacial score (nSPS) is 22.8. The molecule has 21 heavy (non-hydrogen) atoms. The molecule has 0 radical (unpaired) electrons. The van der Waals surface area contributed by atoms with Crippen molar-refractivity contribution in [1.82, 2.24) is 10.2 Å². The van der Waals surface area contributed by atoms with Crippen molar-refractivity contribution in [3.05, 3.63) is 30.3 Å². The first-order chi connectivity index (χ1) is 10.1. The first kappa shape index (κ1) is 16.2. The summed E-state index contributed by atoms with van der Waals surface area (Å²) in [5.74, 6) is 1.67. The summed E-state index contributed by atoms with van der Waals surface area (Å²) in [5, 5.41) is 7.20. The van der Waals surface area contributed by atoms with Crippen LogP contribution in [0.15, 0.2) is 30.3 Å². The zero-order valence-electron chi connectivity index (χ0n) is 13.1. The molecule has 1 aromatic rings. The van der Waals surface area contributed by atoms with Crippen LogP contribution in [0.2, 0.25) is 0 Å². The molecule has 1 fully saturated rings. The summed E-state index contributed by atoms with van der Waals surface area (Å²) in [4.78, 5) is 2.59. The molecular formula is C17H27N3S. The lowest BCUT2D eigenvalue weighted by Gasteiger charge is -2.34. The summed E-state index contributed by atoms with van der Waals surface area (Å²) in [6, 6.07) is 10.0. The molecule has 1 saturated heterocycles. The number of benzene rings is 1. The van der Waals surface area contributed by atoms with Crippen LogP contribution < -0.4 is 10.6 Å². The third-order valence-electron chi connectivity index (χ3n) is 3.91. The fraction of sp³-hybridized carbons (Fsp3) is 0.588. The maximum absolute atomic E-state index is 5.31. The highest BCUT2D eigenvalue weighted by Crippen LogP contribution is 2.20. The Morgan fingerprint density at radius 1 is 1.19 bits per heavy atom. The molecule has 0 aliphatic carbocycles. The molecule has 116 valence electrons. The Kier molecular flexibility index (Phi) is 6.46. The molecule has 4 heteroatoms. The monoisotopic (exact) mass is 305 g/mol. The van der Waals surface area contributed by atoms with Crippen molar-refractivity contribution in [2.24, 2.45) is 11.8 Å². The number of anilines is 1. The third-order valence-corrected chi connectivity index (χ3v) is 4.16. The second-order valence-electron chi connectivity index (χ2n) is 6.31. The van der Waals surface area contributed by atoms with Crippen LogP contribution in [-0.2, 0) is 0 Å². The number of hydrogen-bond donors (Lipinski definition) is 2. The van der Waals surface area contributed by atoms with Crippen LogP contribution in [-0.4, -0.2) is 36.2 Å². The van der Waals surface area contributed by atoms with Gasteiger partial charge in [-0.15, -0.1) is 0 Å². The van der Waals surface area contributed by atoms with E-state index in [1.54, 1.807) is 0 Å². The van der Waals surface area contributed by atoms with Crippen LogP contribution >= 0.6 is 12.2 Å². The Morgan fingerprint density at radius 3 is 2.52 bits per heavy atom. The van der Waals surface area contributed by atoms with E-state index in [2.05, 4.69) is 29.4 Å². The molecule has 1 aromatic carbocycles. The highest BCUT2D eigenvalue weighted by atomic mass is 32.1. The first-order valence-electron chi connectivity index (χ1n) is 7.95. The zero-order chi connectivity index (χ0) is 15.1. The third kappa shape index (κ3) is 6.02. The molecule has 2 unspecified atom stereocenters. The maximum Gasteiger partial charge on any atom is 0.170 e. The van der Waals surface area contributed by atoms with Crippen LogP contribution in [0.4, 0.5) is 5.69 Å². The number of para-hydroxylation sites is 1. The minimum Gasteiger partial charge on any atom is -0.362 e. The van der Waals surface area contributed by atoms with Gasteiger partial charge in [0.25, 0.3) is 0 Å². The van der Waals surface area contributed by atoms with E-state index in [4.69, 9.17) is 12.2 Å². The van der Waals surface area contributed by atoms with E-state index in [1.165, 1.54) is 19.5 Å². The summed E-state index contributed by atoms with van der Waals surface area (Å²) in [5.41, 5.74) is 1.04. The fourth-order valence-corrected chi connectivity index (χ4v) is 3.40. The Labute approximate surface area is 134 Å². The second-order valence-corrected chi connectivity index (χ2v) is 6.71. The molecule has 2 atom stereocenters. The Bertz CT molecular complexity index is 425. The van der Waals surface area contributed by atoms with Crippen molar-refractivity contribution in [2.45, 2.75) is 26.7 Å². The van der Waals surface area contributed by atoms with E-state index < -0.39 is 0 Å². The number of hydrogen-bond acceptors (Lipinski definition) is 2. The molecule has 0 aromatic heterocycles. The van der Waals surface area contributed by atoms with Crippen LogP contribution in [0.1, 0.15) is 26.7 Å². The smallest absolute Gasteiger partial charge is 0.170 e. The van der Waals surface area contributed by atoms with Crippen molar-refractivity contribution in [3.63, 3.8) is 0 Å². The van der Waals surface area contributed by atoms with Crippen LogP contribution in [0.25, 0.3) is 0 Å². The Hall–Kier alpha value is -1.13. The van der Waals surface area contributed by atoms with Crippen molar-refractivity contribution in [3.8, 4) is 0 Å². The number of nitrogens with zero attached hydrogens (tertiary/aromatic N) is 1. The Morgan fingerprint density at radius 2 is 1.86 bits per heavy atom. The van der Waals surface area contributed by atoms with Gasteiger partial charge in [-0.25, -0.2) is 0 Å². The zero-order valence-corrected chi connectivity index (χ0v) is 14.0. The average Bonchev–Trinajstić information content (AvgIpc) is 2.44. The minimum atomic E-state index is 0.710. The molecule has 2 rings (SSSR count). The Balaban J connectivity index is 1.60. The second kappa shape index (κ2) is 8.35. The quantitative estimate of drug-likeness (QED) is 0.644. The molecule has 0 amide bonds. The van der Waals surface area contributed by atoms with Gasteiger partial charge in [-0.3, -0.25) is 0 Å². The van der Waals surface area contributed by atoms with Gasteiger partial charge in [0.05, 0.1) is 0 Å². The van der Waals surface area contributed by atoms with Gasteiger partial charge in [-0.2, -0.15) is 0 Å². The summed E-state index contributed by atoms with van der Waals surface area (Å²) >= 11 is 5.31. The van der Waals surface area contributed by atoms with Gasteiger partial charge < -0.3 is 15.5 Å². The van der Waals surface area contributed by atoms with Gasteiger partial charge in [0.15, 0.2) is 5.11 Å². The topological polar surface area (TPSA) is 27.3 Å². The molecule has 0 spiro atoms. The van der Waals surface area contributed by atoms with E-state index >= 15 is 0 Å². The van der Waals surface area contributed by atoms with E-state index in [-0.39, 0.29) is 0 Å². The molecule has 1 aliphatic rings. The number of piperidine rings is 1. The summed E-state index contributed by atoms with van der Waals surface area (Å²) in [7, 11) is 0. The predicted octanol–water partition coefficient (Wildman–Crippen LogP) is 3.34. The molecule has 3 nitrogen and oxygen atoms in total. The largest absolute Gasteiger partial charge is 0.362 e. The van der Waals surface area contributed by atoms with E-state index in [1.807, 2.05) is 30.3 Å². The van der Waals surface area contributed by atoms with Gasteiger partial charge in [0, 0.05) is 25.3 Å². The van der Waals surface area contributed by atoms with Crippen molar-refractivity contribution in [2.75, 3.05) is 31.5 Å². The van der Waals surface area contributed by atoms with Gasteiger partial charge in [0.1, 0.15) is 0 Å². The van der Waals surface area contributed by atoms with Crippen LogP contribution in [0, 0.1) is 11.8 Å². The highest BCUT2D eigenvalue weighted by Gasteiger charge is 2.20. The van der Waals surface area contributed by atoms with Crippen molar-refractivity contribution in [1.29, 1.82) is 0 Å². The molecule has 0 bridgehead atoms. The van der Waals surface area contributed by atoms with Crippen molar-refractivity contribution >= 4 is 23.0 Å². The highest BCUT2D eigenvalue weighted by molar-refractivity contribution is 7.80. The lowest BCUT2D eigenvalue weighted by atomic mass is 9.92. The van der Waals surface area contributed by atoms with Gasteiger partial charge in [0.2, 0.25) is 0 Å². The van der Waals surface area contributed by atoms with E-state index in [0.29, 0.717) is 5.11 Å². The summed E-state index contributed by atoms with van der Waals surface area (Å²) in [6.07, 6.45) is 2.51. The lowest BCUT2D eigenvalue weighted by Crippen LogP contribution is -2.40. The number of likely N-dealkylation sites (tertiary alicyclic amines) is 1. The fourth-order valence-electron chi connectivity index (χ4n) is 3.18. The van der Waals surface area contributed by atoms with Crippen LogP contribution in [0.5, 0.6) is 0 Å². The van der Waals surface area contributed by atoms with E-state index in [0.717, 1.165) is 37.0 Å². The summed E-state index contributed by atoms with van der Waals surface area (Å²) < 4.78 is 0. The molecular weight excluding hydrogens is 278 g/mol. The molecule has 2 N–H and O–H groups in total. The number of nitrogens with one attached hydrogen (secondary N) is 2. The van der Waals surface area contributed by atoms with Crippen LogP contribution in [0.3, 0.4) is 0 Å². The molecule has 1 aliphatic heterocycles. The SMILES string of the molecule is CC1CC(C)CN(CCCNC(=S)Nc2ccccc2)C1. The number of thiocarbonyl (C=S) groups is 1. The van der Waals surface area contributed by atoms with E-state index in [9.17, 15) is 0 Å².